The molecule has 2 aliphatic heterocycles. The summed E-state index contributed by atoms with van der Waals surface area (Å²) in [5, 5.41) is 3.40. The standard InChI is InChI=1S/C14H21N3/c1-2-16-8-5-12-11-13(3-4-14(12)16)17-9-6-15-7-10-17/h3-4,11,15H,2,5-10H2,1H3. The van der Waals surface area contributed by atoms with Gasteiger partial charge in [0.2, 0.25) is 0 Å². The van der Waals surface area contributed by atoms with Gasteiger partial charge in [0.25, 0.3) is 0 Å². The van der Waals surface area contributed by atoms with E-state index < -0.39 is 0 Å². The van der Waals surface area contributed by atoms with E-state index in [0.29, 0.717) is 0 Å². The molecule has 0 saturated carbocycles. The van der Waals surface area contributed by atoms with Crippen molar-refractivity contribution in [3.8, 4) is 0 Å². The fraction of sp³-hybridized carbons (Fsp3) is 0.571. The van der Waals surface area contributed by atoms with E-state index in [1.807, 2.05) is 0 Å². The van der Waals surface area contributed by atoms with Gasteiger partial charge in [0.15, 0.2) is 0 Å². The van der Waals surface area contributed by atoms with Crippen LogP contribution < -0.4 is 15.1 Å². The zero-order valence-electron chi connectivity index (χ0n) is 10.6. The van der Waals surface area contributed by atoms with Gasteiger partial charge < -0.3 is 15.1 Å². The number of anilines is 2. The molecular weight excluding hydrogens is 210 g/mol. The Morgan fingerprint density at radius 3 is 2.76 bits per heavy atom. The fourth-order valence-electron chi connectivity index (χ4n) is 2.90. The van der Waals surface area contributed by atoms with Crippen LogP contribution in [-0.4, -0.2) is 39.3 Å². The van der Waals surface area contributed by atoms with E-state index in [4.69, 9.17) is 0 Å². The van der Waals surface area contributed by atoms with Crippen molar-refractivity contribution in [2.45, 2.75) is 13.3 Å². The minimum atomic E-state index is 1.11. The number of hydrogen-bond acceptors (Lipinski definition) is 3. The zero-order chi connectivity index (χ0) is 11.7. The number of piperazine rings is 1. The quantitative estimate of drug-likeness (QED) is 0.831. The predicted octanol–water partition coefficient (Wildman–Crippen LogP) is 1.48. The molecular formula is C14H21N3. The largest absolute Gasteiger partial charge is 0.371 e. The average molecular weight is 231 g/mol. The van der Waals surface area contributed by atoms with Crippen molar-refractivity contribution in [2.24, 2.45) is 0 Å². The summed E-state index contributed by atoms with van der Waals surface area (Å²) < 4.78 is 0. The molecule has 17 heavy (non-hydrogen) atoms. The number of likely N-dealkylation sites (N-methyl/N-ethyl adjacent to an activating group) is 1. The first-order chi connectivity index (χ1) is 8.38. The summed E-state index contributed by atoms with van der Waals surface area (Å²) in [6.45, 7) is 9.04. The number of fused-ring (bicyclic) bond motifs is 1. The van der Waals surface area contributed by atoms with E-state index in [1.54, 1.807) is 0 Å². The summed E-state index contributed by atoms with van der Waals surface area (Å²) in [6.07, 6.45) is 1.21. The van der Waals surface area contributed by atoms with E-state index in [0.717, 1.165) is 32.7 Å². The number of nitrogens with one attached hydrogen (secondary N) is 1. The Labute approximate surface area is 103 Å². The van der Waals surface area contributed by atoms with Crippen LogP contribution in [0.25, 0.3) is 0 Å². The maximum atomic E-state index is 3.40. The molecule has 3 rings (SSSR count). The molecule has 0 amide bonds. The van der Waals surface area contributed by atoms with Gasteiger partial charge in [0.05, 0.1) is 0 Å². The SMILES string of the molecule is CCN1CCc2cc(N3CCNCC3)ccc21. The summed E-state index contributed by atoms with van der Waals surface area (Å²) in [5.74, 6) is 0. The summed E-state index contributed by atoms with van der Waals surface area (Å²) in [7, 11) is 0. The van der Waals surface area contributed by atoms with Crippen LogP contribution in [0.4, 0.5) is 11.4 Å². The molecule has 3 nitrogen and oxygen atoms in total. The molecule has 92 valence electrons. The number of rotatable bonds is 2. The molecule has 0 spiro atoms. The minimum absolute atomic E-state index is 1.11. The van der Waals surface area contributed by atoms with Gasteiger partial charge in [0, 0.05) is 50.6 Å². The van der Waals surface area contributed by atoms with Crippen LogP contribution in [0.3, 0.4) is 0 Å². The zero-order valence-corrected chi connectivity index (χ0v) is 10.6. The minimum Gasteiger partial charge on any atom is -0.371 e. The van der Waals surface area contributed by atoms with Crippen molar-refractivity contribution in [2.75, 3.05) is 49.1 Å². The van der Waals surface area contributed by atoms with E-state index in [1.165, 1.54) is 29.9 Å². The lowest BCUT2D eigenvalue weighted by Gasteiger charge is -2.30. The monoisotopic (exact) mass is 231 g/mol. The van der Waals surface area contributed by atoms with Crippen LogP contribution in [0.2, 0.25) is 0 Å². The van der Waals surface area contributed by atoms with Crippen LogP contribution in [0, 0.1) is 0 Å². The summed E-state index contributed by atoms with van der Waals surface area (Å²) in [6, 6.07) is 7.00. The topological polar surface area (TPSA) is 18.5 Å². The molecule has 1 aromatic carbocycles. The predicted molar refractivity (Wildman–Crippen MR) is 73.1 cm³/mol. The Morgan fingerprint density at radius 2 is 2.00 bits per heavy atom. The molecule has 2 heterocycles. The second kappa shape index (κ2) is 4.57. The van der Waals surface area contributed by atoms with Gasteiger partial charge in [-0.15, -0.1) is 0 Å². The van der Waals surface area contributed by atoms with Crippen LogP contribution >= 0.6 is 0 Å². The number of nitrogens with zero attached hydrogens (tertiary/aromatic N) is 2. The van der Waals surface area contributed by atoms with Gasteiger partial charge in [-0.2, -0.15) is 0 Å². The molecule has 3 heteroatoms. The van der Waals surface area contributed by atoms with Gasteiger partial charge in [-0.05, 0) is 37.1 Å². The van der Waals surface area contributed by atoms with Gasteiger partial charge in [-0.1, -0.05) is 0 Å². The molecule has 0 unspecified atom stereocenters. The lowest BCUT2D eigenvalue weighted by molar-refractivity contribution is 0.589. The maximum Gasteiger partial charge on any atom is 0.0400 e. The molecule has 1 fully saturated rings. The van der Waals surface area contributed by atoms with Crippen molar-refractivity contribution in [3.05, 3.63) is 23.8 Å². The van der Waals surface area contributed by atoms with Crippen molar-refractivity contribution in [1.82, 2.24) is 5.32 Å². The average Bonchev–Trinajstić information content (AvgIpc) is 2.81. The first kappa shape index (κ1) is 10.9. The van der Waals surface area contributed by atoms with Crippen LogP contribution in [0.1, 0.15) is 12.5 Å². The van der Waals surface area contributed by atoms with Crippen molar-refractivity contribution < 1.29 is 0 Å². The Morgan fingerprint density at radius 1 is 1.18 bits per heavy atom. The van der Waals surface area contributed by atoms with Crippen LogP contribution in [0.5, 0.6) is 0 Å². The Kier molecular flexibility index (Phi) is 2.93. The molecule has 0 aliphatic carbocycles. The normalized spacial score (nSPS) is 19.6. The van der Waals surface area contributed by atoms with Crippen molar-refractivity contribution in [3.63, 3.8) is 0 Å². The molecule has 1 N–H and O–H groups in total. The number of hydrogen-bond donors (Lipinski definition) is 1. The smallest absolute Gasteiger partial charge is 0.0400 e. The molecule has 0 radical (unpaired) electrons. The van der Waals surface area contributed by atoms with E-state index in [2.05, 4.69) is 40.2 Å². The fourth-order valence-corrected chi connectivity index (χ4v) is 2.90. The van der Waals surface area contributed by atoms with Crippen molar-refractivity contribution >= 4 is 11.4 Å². The van der Waals surface area contributed by atoms with E-state index >= 15 is 0 Å². The van der Waals surface area contributed by atoms with E-state index in [-0.39, 0.29) is 0 Å². The summed E-state index contributed by atoms with van der Waals surface area (Å²) >= 11 is 0. The molecule has 0 aromatic heterocycles. The second-order valence-electron chi connectivity index (χ2n) is 4.88. The molecule has 1 saturated heterocycles. The maximum absolute atomic E-state index is 3.40. The first-order valence-corrected chi connectivity index (χ1v) is 6.72. The Hall–Kier alpha value is -1.22. The highest BCUT2D eigenvalue weighted by Gasteiger charge is 2.19. The third-order valence-electron chi connectivity index (χ3n) is 3.92. The van der Waals surface area contributed by atoms with Crippen molar-refractivity contribution in [1.29, 1.82) is 0 Å². The Bertz CT molecular complexity index is 396. The molecule has 1 aromatic rings. The second-order valence-corrected chi connectivity index (χ2v) is 4.88. The lowest BCUT2D eigenvalue weighted by Crippen LogP contribution is -2.43. The van der Waals surface area contributed by atoms with E-state index in [9.17, 15) is 0 Å². The van der Waals surface area contributed by atoms with Gasteiger partial charge in [-0.3, -0.25) is 0 Å². The molecule has 2 aliphatic rings. The van der Waals surface area contributed by atoms with Crippen LogP contribution in [0.15, 0.2) is 18.2 Å². The molecule has 0 atom stereocenters. The van der Waals surface area contributed by atoms with Gasteiger partial charge >= 0.3 is 0 Å². The van der Waals surface area contributed by atoms with Gasteiger partial charge in [0.1, 0.15) is 0 Å². The third kappa shape index (κ3) is 2.00. The highest BCUT2D eigenvalue weighted by molar-refractivity contribution is 5.64. The van der Waals surface area contributed by atoms with Crippen LogP contribution in [-0.2, 0) is 6.42 Å². The highest BCUT2D eigenvalue weighted by Crippen LogP contribution is 2.31. The highest BCUT2D eigenvalue weighted by atomic mass is 15.2. The molecule has 0 bridgehead atoms. The summed E-state index contributed by atoms with van der Waals surface area (Å²) in [5.41, 5.74) is 4.39. The third-order valence-corrected chi connectivity index (χ3v) is 3.92. The summed E-state index contributed by atoms with van der Waals surface area (Å²) in [4.78, 5) is 4.96. The number of benzene rings is 1. The first-order valence-electron chi connectivity index (χ1n) is 6.72. The lowest BCUT2D eigenvalue weighted by atomic mass is 10.1. The Balaban J connectivity index is 1.84. The van der Waals surface area contributed by atoms with Gasteiger partial charge in [-0.25, -0.2) is 0 Å².